The van der Waals surface area contributed by atoms with Crippen molar-refractivity contribution >= 4 is 29.0 Å². The van der Waals surface area contributed by atoms with Gasteiger partial charge in [-0.1, -0.05) is 23.7 Å². The number of amides is 2. The van der Waals surface area contributed by atoms with Crippen molar-refractivity contribution in [1.82, 2.24) is 5.32 Å². The molecule has 2 aromatic carbocycles. The Balaban J connectivity index is 1.63. The van der Waals surface area contributed by atoms with Crippen molar-refractivity contribution in [1.29, 1.82) is 0 Å². The van der Waals surface area contributed by atoms with Gasteiger partial charge < -0.3 is 25.0 Å². The van der Waals surface area contributed by atoms with Gasteiger partial charge in [-0.3, -0.25) is 0 Å². The van der Waals surface area contributed by atoms with Crippen LogP contribution in [0.15, 0.2) is 42.5 Å². The van der Waals surface area contributed by atoms with Gasteiger partial charge in [-0.25, -0.2) is 4.79 Å². The van der Waals surface area contributed by atoms with Crippen molar-refractivity contribution in [2.45, 2.75) is 6.54 Å². The molecule has 1 heterocycles. The van der Waals surface area contributed by atoms with E-state index >= 15 is 0 Å². The monoisotopic (exact) mass is 375 g/mol. The van der Waals surface area contributed by atoms with Crippen LogP contribution in [-0.2, 0) is 11.3 Å². The minimum atomic E-state index is -0.280. The zero-order valence-corrected chi connectivity index (χ0v) is 15.4. The number of methoxy groups -OCH3 is 1. The van der Waals surface area contributed by atoms with Gasteiger partial charge in [0.05, 0.1) is 31.7 Å². The van der Waals surface area contributed by atoms with E-state index in [-0.39, 0.29) is 6.03 Å². The molecule has 26 heavy (non-hydrogen) atoms. The molecule has 0 unspecified atom stereocenters. The van der Waals surface area contributed by atoms with Crippen LogP contribution in [0.1, 0.15) is 5.56 Å². The third-order valence-corrected chi connectivity index (χ3v) is 4.41. The van der Waals surface area contributed by atoms with Gasteiger partial charge in [0, 0.05) is 24.7 Å². The Morgan fingerprint density at radius 2 is 1.92 bits per heavy atom. The standard InChI is InChI=1S/C19H22ClN3O3/c1-25-16-5-2-14(3-6-16)13-21-19(24)22-17-12-15(20)4-7-18(17)23-8-10-26-11-9-23/h2-7,12H,8-11,13H2,1H3,(H2,21,22,24). The highest BCUT2D eigenvalue weighted by molar-refractivity contribution is 6.31. The number of urea groups is 1. The SMILES string of the molecule is COc1ccc(CNC(=O)Nc2cc(Cl)ccc2N2CCOCC2)cc1. The molecule has 2 amide bonds. The van der Waals surface area contributed by atoms with E-state index in [1.807, 2.05) is 36.4 Å². The van der Waals surface area contributed by atoms with Gasteiger partial charge in [0.15, 0.2) is 0 Å². The first-order valence-electron chi connectivity index (χ1n) is 8.46. The number of benzene rings is 2. The Kier molecular flexibility index (Phi) is 6.20. The van der Waals surface area contributed by atoms with Gasteiger partial charge in [-0.05, 0) is 35.9 Å². The molecule has 1 aliphatic rings. The van der Waals surface area contributed by atoms with Crippen LogP contribution < -0.4 is 20.3 Å². The first kappa shape index (κ1) is 18.4. The molecule has 0 bridgehead atoms. The van der Waals surface area contributed by atoms with Gasteiger partial charge in [0.1, 0.15) is 5.75 Å². The second kappa shape index (κ2) is 8.78. The number of ether oxygens (including phenoxy) is 2. The maximum absolute atomic E-state index is 12.3. The summed E-state index contributed by atoms with van der Waals surface area (Å²) in [6, 6.07) is 12.8. The molecule has 0 atom stereocenters. The molecule has 7 heteroatoms. The molecule has 138 valence electrons. The summed E-state index contributed by atoms with van der Waals surface area (Å²) < 4.78 is 10.5. The molecular weight excluding hydrogens is 354 g/mol. The average Bonchev–Trinajstić information content (AvgIpc) is 2.67. The summed E-state index contributed by atoms with van der Waals surface area (Å²) in [6.07, 6.45) is 0. The lowest BCUT2D eigenvalue weighted by Crippen LogP contribution is -2.37. The maximum Gasteiger partial charge on any atom is 0.319 e. The van der Waals surface area contributed by atoms with Crippen LogP contribution in [0.5, 0.6) is 5.75 Å². The minimum Gasteiger partial charge on any atom is -0.497 e. The van der Waals surface area contributed by atoms with E-state index in [0.29, 0.717) is 30.5 Å². The van der Waals surface area contributed by atoms with E-state index in [1.165, 1.54) is 0 Å². The Bertz CT molecular complexity index is 746. The lowest BCUT2D eigenvalue weighted by atomic mass is 10.2. The fourth-order valence-electron chi connectivity index (χ4n) is 2.78. The largest absolute Gasteiger partial charge is 0.497 e. The highest BCUT2D eigenvalue weighted by Crippen LogP contribution is 2.29. The highest BCUT2D eigenvalue weighted by Gasteiger charge is 2.16. The van der Waals surface area contributed by atoms with Gasteiger partial charge in [0.2, 0.25) is 0 Å². The van der Waals surface area contributed by atoms with E-state index in [9.17, 15) is 4.79 Å². The number of anilines is 2. The van der Waals surface area contributed by atoms with Gasteiger partial charge >= 0.3 is 6.03 Å². The first-order valence-corrected chi connectivity index (χ1v) is 8.83. The zero-order chi connectivity index (χ0) is 18.4. The number of halogens is 1. The second-order valence-corrected chi connectivity index (χ2v) is 6.35. The average molecular weight is 376 g/mol. The Morgan fingerprint density at radius 3 is 2.62 bits per heavy atom. The highest BCUT2D eigenvalue weighted by atomic mass is 35.5. The molecule has 1 saturated heterocycles. The maximum atomic E-state index is 12.3. The lowest BCUT2D eigenvalue weighted by Gasteiger charge is -2.30. The number of morpholine rings is 1. The zero-order valence-electron chi connectivity index (χ0n) is 14.6. The molecule has 2 N–H and O–H groups in total. The van der Waals surface area contributed by atoms with Crippen molar-refractivity contribution < 1.29 is 14.3 Å². The number of hydrogen-bond acceptors (Lipinski definition) is 4. The van der Waals surface area contributed by atoms with Gasteiger partial charge in [-0.2, -0.15) is 0 Å². The van der Waals surface area contributed by atoms with E-state index in [1.54, 1.807) is 13.2 Å². The molecule has 0 spiro atoms. The molecule has 0 aliphatic carbocycles. The smallest absolute Gasteiger partial charge is 0.319 e. The van der Waals surface area contributed by atoms with E-state index in [2.05, 4.69) is 15.5 Å². The van der Waals surface area contributed by atoms with Crippen molar-refractivity contribution in [3.8, 4) is 5.75 Å². The first-order chi connectivity index (χ1) is 12.7. The predicted octanol–water partition coefficient (Wildman–Crippen LogP) is 3.51. The molecule has 1 fully saturated rings. The lowest BCUT2D eigenvalue weighted by molar-refractivity contribution is 0.123. The Hall–Kier alpha value is -2.44. The Morgan fingerprint density at radius 1 is 1.19 bits per heavy atom. The number of carbonyl (C=O) groups excluding carboxylic acids is 1. The number of nitrogens with zero attached hydrogens (tertiary/aromatic N) is 1. The van der Waals surface area contributed by atoms with Crippen LogP contribution in [0.4, 0.5) is 16.2 Å². The summed E-state index contributed by atoms with van der Waals surface area (Å²) in [5.74, 6) is 0.785. The number of nitrogens with one attached hydrogen (secondary N) is 2. The summed E-state index contributed by atoms with van der Waals surface area (Å²) in [5, 5.41) is 6.33. The molecule has 1 aliphatic heterocycles. The van der Waals surface area contributed by atoms with Crippen molar-refractivity contribution in [3.63, 3.8) is 0 Å². The van der Waals surface area contributed by atoms with Gasteiger partial charge in [-0.15, -0.1) is 0 Å². The third kappa shape index (κ3) is 4.80. The minimum absolute atomic E-state index is 0.280. The molecule has 3 rings (SSSR count). The Labute approximate surface area is 158 Å². The van der Waals surface area contributed by atoms with Crippen molar-refractivity contribution in [2.75, 3.05) is 43.6 Å². The quantitative estimate of drug-likeness (QED) is 0.839. The normalized spacial score (nSPS) is 14.0. The molecule has 6 nitrogen and oxygen atoms in total. The van der Waals surface area contributed by atoms with Gasteiger partial charge in [0.25, 0.3) is 0 Å². The van der Waals surface area contributed by atoms with Crippen LogP contribution >= 0.6 is 11.6 Å². The van der Waals surface area contributed by atoms with Crippen LogP contribution in [0.25, 0.3) is 0 Å². The van der Waals surface area contributed by atoms with Crippen LogP contribution in [0, 0.1) is 0 Å². The molecule has 0 radical (unpaired) electrons. The second-order valence-electron chi connectivity index (χ2n) is 5.92. The van der Waals surface area contributed by atoms with Crippen LogP contribution in [-0.4, -0.2) is 39.4 Å². The summed E-state index contributed by atoms with van der Waals surface area (Å²) >= 11 is 6.11. The summed E-state index contributed by atoms with van der Waals surface area (Å²) in [4.78, 5) is 14.5. The number of rotatable bonds is 5. The van der Waals surface area contributed by atoms with Crippen molar-refractivity contribution in [3.05, 3.63) is 53.1 Å². The third-order valence-electron chi connectivity index (χ3n) is 4.17. The number of carbonyl (C=O) groups is 1. The molecular formula is C19H22ClN3O3. The molecule has 0 saturated carbocycles. The van der Waals surface area contributed by atoms with E-state index < -0.39 is 0 Å². The molecule has 0 aromatic heterocycles. The topological polar surface area (TPSA) is 62.8 Å². The van der Waals surface area contributed by atoms with Crippen LogP contribution in [0.3, 0.4) is 0 Å². The van der Waals surface area contributed by atoms with E-state index in [0.717, 1.165) is 30.1 Å². The van der Waals surface area contributed by atoms with E-state index in [4.69, 9.17) is 21.1 Å². The fraction of sp³-hybridized carbons (Fsp3) is 0.316. The van der Waals surface area contributed by atoms with Crippen molar-refractivity contribution in [2.24, 2.45) is 0 Å². The fourth-order valence-corrected chi connectivity index (χ4v) is 2.95. The van der Waals surface area contributed by atoms with Crippen LogP contribution in [0.2, 0.25) is 5.02 Å². The summed E-state index contributed by atoms with van der Waals surface area (Å²) in [5.41, 5.74) is 2.62. The molecule has 2 aromatic rings. The summed E-state index contributed by atoms with van der Waals surface area (Å²) in [7, 11) is 1.62. The number of hydrogen-bond donors (Lipinski definition) is 2. The summed E-state index contributed by atoms with van der Waals surface area (Å²) in [6.45, 7) is 3.33. The predicted molar refractivity (Wildman–Crippen MR) is 103 cm³/mol.